The Kier molecular flexibility index (Phi) is 6.40. The lowest BCUT2D eigenvalue weighted by Crippen LogP contribution is -2.48. The third-order valence-corrected chi connectivity index (χ3v) is 4.91. The summed E-state index contributed by atoms with van der Waals surface area (Å²) in [5.74, 6) is 1.81. The SMILES string of the molecule is CN(C)CC1CSCCCN1C(=O)Nc1cccc(C(F)(F)F)c1. The van der Waals surface area contributed by atoms with Crippen LogP contribution in [0.3, 0.4) is 0 Å². The normalized spacial score (nSPS) is 19.2. The number of carbonyl (C=O) groups is 1. The first-order chi connectivity index (χ1) is 11.3. The highest BCUT2D eigenvalue weighted by atomic mass is 32.2. The average Bonchev–Trinajstić information content (AvgIpc) is 2.71. The minimum Gasteiger partial charge on any atom is -0.319 e. The van der Waals surface area contributed by atoms with Crippen LogP contribution in [0.25, 0.3) is 0 Å². The second kappa shape index (κ2) is 8.11. The molecule has 134 valence electrons. The molecular formula is C16H22F3N3OS. The van der Waals surface area contributed by atoms with Gasteiger partial charge >= 0.3 is 12.2 Å². The van der Waals surface area contributed by atoms with Gasteiger partial charge in [0.2, 0.25) is 0 Å². The van der Waals surface area contributed by atoms with Gasteiger partial charge in [0.1, 0.15) is 0 Å². The summed E-state index contributed by atoms with van der Waals surface area (Å²) in [6.45, 7) is 1.33. The van der Waals surface area contributed by atoms with Gasteiger partial charge in [0.05, 0.1) is 11.6 Å². The summed E-state index contributed by atoms with van der Waals surface area (Å²) in [7, 11) is 3.89. The molecule has 1 atom stereocenters. The fourth-order valence-electron chi connectivity index (χ4n) is 2.64. The maximum Gasteiger partial charge on any atom is 0.416 e. The van der Waals surface area contributed by atoms with Gasteiger partial charge in [0.25, 0.3) is 0 Å². The molecule has 1 heterocycles. The fourth-order valence-corrected chi connectivity index (χ4v) is 3.69. The molecule has 8 heteroatoms. The first-order valence-corrected chi connectivity index (χ1v) is 8.90. The monoisotopic (exact) mass is 361 g/mol. The van der Waals surface area contributed by atoms with Crippen molar-refractivity contribution in [3.63, 3.8) is 0 Å². The number of halogens is 3. The Morgan fingerprint density at radius 2 is 2.17 bits per heavy atom. The van der Waals surface area contributed by atoms with Gasteiger partial charge < -0.3 is 15.1 Å². The molecular weight excluding hydrogens is 339 g/mol. The molecule has 1 aromatic rings. The molecule has 4 nitrogen and oxygen atoms in total. The molecule has 0 bridgehead atoms. The number of likely N-dealkylation sites (N-methyl/N-ethyl adjacent to an activating group) is 1. The molecule has 1 saturated heterocycles. The largest absolute Gasteiger partial charge is 0.416 e. The first-order valence-electron chi connectivity index (χ1n) is 7.74. The number of benzene rings is 1. The highest BCUT2D eigenvalue weighted by Crippen LogP contribution is 2.30. The van der Waals surface area contributed by atoms with E-state index >= 15 is 0 Å². The van der Waals surface area contributed by atoms with E-state index in [1.807, 2.05) is 19.0 Å². The Morgan fingerprint density at radius 1 is 1.42 bits per heavy atom. The van der Waals surface area contributed by atoms with Gasteiger partial charge in [-0.05, 0) is 44.5 Å². The topological polar surface area (TPSA) is 35.6 Å². The molecule has 0 radical (unpaired) electrons. The number of nitrogens with one attached hydrogen (secondary N) is 1. The summed E-state index contributed by atoms with van der Waals surface area (Å²) in [6, 6.07) is 4.43. The zero-order valence-electron chi connectivity index (χ0n) is 13.8. The number of hydrogen-bond acceptors (Lipinski definition) is 3. The number of carbonyl (C=O) groups excluding carboxylic acids is 1. The van der Waals surface area contributed by atoms with E-state index in [0.717, 1.165) is 36.6 Å². The van der Waals surface area contributed by atoms with Crippen molar-refractivity contribution < 1.29 is 18.0 Å². The molecule has 1 aromatic carbocycles. The number of rotatable bonds is 3. The molecule has 0 spiro atoms. The second-order valence-corrected chi connectivity index (χ2v) is 7.20. The first kappa shape index (κ1) is 18.9. The standard InChI is InChI=1S/C16H22F3N3OS/c1-21(2)10-14-11-24-8-4-7-22(14)15(23)20-13-6-3-5-12(9-13)16(17,18)19/h3,5-6,9,14H,4,7-8,10-11H2,1-2H3,(H,20,23). The van der Waals surface area contributed by atoms with Crippen LogP contribution in [0.2, 0.25) is 0 Å². The lowest BCUT2D eigenvalue weighted by Gasteiger charge is -2.31. The van der Waals surface area contributed by atoms with Crippen LogP contribution in [0.1, 0.15) is 12.0 Å². The summed E-state index contributed by atoms with van der Waals surface area (Å²) in [6.07, 6.45) is -3.54. The molecule has 24 heavy (non-hydrogen) atoms. The Morgan fingerprint density at radius 3 is 2.83 bits per heavy atom. The maximum absolute atomic E-state index is 12.8. The quantitative estimate of drug-likeness (QED) is 0.893. The molecule has 2 rings (SSSR count). The van der Waals surface area contributed by atoms with Crippen molar-refractivity contribution in [2.24, 2.45) is 0 Å². The van der Waals surface area contributed by atoms with Gasteiger partial charge in [0.15, 0.2) is 0 Å². The van der Waals surface area contributed by atoms with Gasteiger partial charge in [0, 0.05) is 24.5 Å². The number of thioether (sulfide) groups is 1. The third-order valence-electron chi connectivity index (χ3n) is 3.72. The highest BCUT2D eigenvalue weighted by molar-refractivity contribution is 7.99. The number of amides is 2. The van der Waals surface area contributed by atoms with Crippen molar-refractivity contribution in [1.29, 1.82) is 0 Å². The zero-order valence-corrected chi connectivity index (χ0v) is 14.6. The molecule has 1 aliphatic rings. The number of urea groups is 1. The summed E-state index contributed by atoms with van der Waals surface area (Å²) in [4.78, 5) is 16.3. The van der Waals surface area contributed by atoms with Crippen LogP contribution in [0.5, 0.6) is 0 Å². The highest BCUT2D eigenvalue weighted by Gasteiger charge is 2.31. The lowest BCUT2D eigenvalue weighted by molar-refractivity contribution is -0.137. The molecule has 1 unspecified atom stereocenters. The van der Waals surface area contributed by atoms with Gasteiger partial charge in [-0.15, -0.1) is 0 Å². The number of anilines is 1. The van der Waals surface area contributed by atoms with E-state index in [1.54, 1.807) is 16.7 Å². The van der Waals surface area contributed by atoms with E-state index in [1.165, 1.54) is 12.1 Å². The number of alkyl halides is 3. The van der Waals surface area contributed by atoms with Crippen LogP contribution in [-0.4, -0.2) is 60.6 Å². The average molecular weight is 361 g/mol. The number of hydrogen-bond donors (Lipinski definition) is 1. The van der Waals surface area contributed by atoms with Crippen LogP contribution < -0.4 is 5.32 Å². The van der Waals surface area contributed by atoms with Crippen molar-refractivity contribution in [3.8, 4) is 0 Å². The van der Waals surface area contributed by atoms with Crippen molar-refractivity contribution in [3.05, 3.63) is 29.8 Å². The third kappa shape index (κ3) is 5.31. The van der Waals surface area contributed by atoms with Gasteiger partial charge in [-0.25, -0.2) is 4.79 Å². The van der Waals surface area contributed by atoms with E-state index in [9.17, 15) is 18.0 Å². The summed E-state index contributed by atoms with van der Waals surface area (Å²) >= 11 is 1.80. The smallest absolute Gasteiger partial charge is 0.319 e. The predicted molar refractivity (Wildman–Crippen MR) is 91.5 cm³/mol. The lowest BCUT2D eigenvalue weighted by atomic mass is 10.2. The minimum absolute atomic E-state index is 0.0401. The van der Waals surface area contributed by atoms with Crippen LogP contribution in [0.15, 0.2) is 24.3 Å². The van der Waals surface area contributed by atoms with E-state index in [2.05, 4.69) is 5.32 Å². The maximum atomic E-state index is 12.8. The molecule has 0 aromatic heterocycles. The molecule has 2 amide bonds. The van der Waals surface area contributed by atoms with Gasteiger partial charge in [-0.1, -0.05) is 6.07 Å². The predicted octanol–water partition coefficient (Wildman–Crippen LogP) is 3.61. The molecule has 1 aliphatic heterocycles. The Labute approximate surface area is 144 Å². The summed E-state index contributed by atoms with van der Waals surface area (Å²) < 4.78 is 38.4. The summed E-state index contributed by atoms with van der Waals surface area (Å²) in [5.41, 5.74) is -0.605. The zero-order chi connectivity index (χ0) is 17.7. The number of nitrogens with zero attached hydrogens (tertiary/aromatic N) is 2. The van der Waals surface area contributed by atoms with Crippen molar-refractivity contribution in [2.75, 3.05) is 44.0 Å². The van der Waals surface area contributed by atoms with Crippen LogP contribution in [0.4, 0.5) is 23.7 Å². The molecule has 1 fully saturated rings. The van der Waals surface area contributed by atoms with E-state index in [-0.39, 0.29) is 17.8 Å². The van der Waals surface area contributed by atoms with Crippen LogP contribution in [-0.2, 0) is 6.18 Å². The van der Waals surface area contributed by atoms with E-state index in [4.69, 9.17) is 0 Å². The van der Waals surface area contributed by atoms with Gasteiger partial charge in [-0.3, -0.25) is 0 Å². The van der Waals surface area contributed by atoms with Crippen LogP contribution >= 0.6 is 11.8 Å². The fraction of sp³-hybridized carbons (Fsp3) is 0.562. The van der Waals surface area contributed by atoms with Crippen molar-refractivity contribution in [1.82, 2.24) is 9.80 Å². The molecule has 0 saturated carbocycles. The second-order valence-electron chi connectivity index (χ2n) is 6.05. The Hall–Kier alpha value is -1.41. The van der Waals surface area contributed by atoms with E-state index in [0.29, 0.717) is 6.54 Å². The van der Waals surface area contributed by atoms with Crippen LogP contribution in [0, 0.1) is 0 Å². The molecule has 0 aliphatic carbocycles. The van der Waals surface area contributed by atoms with E-state index < -0.39 is 11.7 Å². The molecule has 1 N–H and O–H groups in total. The van der Waals surface area contributed by atoms with Crippen molar-refractivity contribution >= 4 is 23.5 Å². The van der Waals surface area contributed by atoms with Crippen molar-refractivity contribution in [2.45, 2.75) is 18.6 Å². The van der Waals surface area contributed by atoms with Gasteiger partial charge in [-0.2, -0.15) is 24.9 Å². The summed E-state index contributed by atoms with van der Waals surface area (Å²) in [5, 5.41) is 2.61. The Bertz CT molecular complexity index is 566. The Balaban J connectivity index is 2.11. The minimum atomic E-state index is -4.42.